The molecule has 0 aliphatic heterocycles. The third-order valence-electron chi connectivity index (χ3n) is 4.32. The monoisotopic (exact) mass is 359 g/mol. The Morgan fingerprint density at radius 1 is 1.42 bits per heavy atom. The maximum Gasteiger partial charge on any atom is 0.272 e. The first kappa shape index (κ1) is 15.5. The van der Waals surface area contributed by atoms with Crippen LogP contribution in [0, 0.1) is 6.92 Å². The topological polar surface area (TPSA) is 63.9 Å². The van der Waals surface area contributed by atoms with Gasteiger partial charge in [-0.3, -0.25) is 14.4 Å². The summed E-state index contributed by atoms with van der Waals surface area (Å²) in [6, 6.07) is 0. The minimum Gasteiger partial charge on any atom is -0.284 e. The van der Waals surface area contributed by atoms with Crippen LogP contribution < -0.4 is 4.90 Å². The number of rotatable bonds is 3. The molecule has 3 heterocycles. The molecule has 0 saturated heterocycles. The van der Waals surface area contributed by atoms with Crippen LogP contribution in [0.1, 0.15) is 32.9 Å². The lowest BCUT2D eigenvalue weighted by Crippen LogP contribution is -2.30. The molecule has 3 aromatic heterocycles. The fourth-order valence-electron chi connectivity index (χ4n) is 3.02. The van der Waals surface area contributed by atoms with E-state index in [2.05, 4.69) is 10.1 Å². The van der Waals surface area contributed by atoms with Crippen molar-refractivity contribution in [2.45, 2.75) is 26.7 Å². The molecule has 1 amide bonds. The molecule has 0 fully saturated rings. The third kappa shape index (κ3) is 2.29. The Labute approximate surface area is 147 Å². The van der Waals surface area contributed by atoms with Crippen LogP contribution in [0.4, 0.5) is 5.13 Å². The summed E-state index contributed by atoms with van der Waals surface area (Å²) in [5.41, 5.74) is 5.78. The second-order valence-electron chi connectivity index (χ2n) is 5.71. The summed E-state index contributed by atoms with van der Waals surface area (Å²) in [5.74, 6) is -0.0185. The smallest absolute Gasteiger partial charge is 0.272 e. The van der Waals surface area contributed by atoms with Crippen LogP contribution in [-0.2, 0) is 19.9 Å². The number of aromatic nitrogens is 4. The zero-order valence-corrected chi connectivity index (χ0v) is 15.4. The Balaban J connectivity index is 1.74. The predicted octanol–water partition coefficient (Wildman–Crippen LogP) is 3.07. The molecule has 0 spiro atoms. The Morgan fingerprint density at radius 3 is 2.96 bits per heavy atom. The zero-order chi connectivity index (χ0) is 16.8. The van der Waals surface area contributed by atoms with E-state index in [1.54, 1.807) is 21.7 Å². The van der Waals surface area contributed by atoms with Crippen molar-refractivity contribution in [3.63, 3.8) is 0 Å². The number of carbonyl (C=O) groups is 1. The predicted molar refractivity (Wildman–Crippen MR) is 95.9 cm³/mol. The molecule has 24 heavy (non-hydrogen) atoms. The molecule has 0 saturated carbocycles. The molecule has 1 aliphatic carbocycles. The van der Waals surface area contributed by atoms with E-state index in [9.17, 15) is 4.79 Å². The van der Waals surface area contributed by atoms with Gasteiger partial charge in [0.25, 0.3) is 5.91 Å². The largest absolute Gasteiger partial charge is 0.284 e. The Morgan fingerprint density at radius 2 is 2.25 bits per heavy atom. The number of carbonyl (C=O) groups excluding carboxylic acids is 1. The molecule has 0 bridgehead atoms. The van der Waals surface area contributed by atoms with Gasteiger partial charge in [0.1, 0.15) is 4.88 Å². The van der Waals surface area contributed by atoms with Gasteiger partial charge in [0.15, 0.2) is 5.13 Å². The summed E-state index contributed by atoms with van der Waals surface area (Å²) in [4.78, 5) is 25.5. The van der Waals surface area contributed by atoms with E-state index in [-0.39, 0.29) is 5.91 Å². The molecule has 0 unspecified atom stereocenters. The minimum absolute atomic E-state index is 0.0185. The summed E-state index contributed by atoms with van der Waals surface area (Å²) < 4.78 is 1.92. The van der Waals surface area contributed by atoms with Crippen molar-refractivity contribution in [2.24, 2.45) is 7.05 Å². The van der Waals surface area contributed by atoms with Gasteiger partial charge in [-0.15, -0.1) is 22.7 Å². The number of hydrogen-bond donors (Lipinski definition) is 0. The van der Waals surface area contributed by atoms with Crippen molar-refractivity contribution in [3.05, 3.63) is 32.8 Å². The van der Waals surface area contributed by atoms with Gasteiger partial charge in [-0.1, -0.05) is 0 Å². The number of anilines is 1. The Bertz CT molecular complexity index is 923. The van der Waals surface area contributed by atoms with E-state index in [0.717, 1.165) is 34.9 Å². The van der Waals surface area contributed by atoms with Crippen LogP contribution in [0.25, 0.3) is 11.3 Å². The van der Waals surface area contributed by atoms with Crippen LogP contribution in [0.2, 0.25) is 0 Å². The fourth-order valence-corrected chi connectivity index (χ4v) is 4.91. The number of nitrogens with zero attached hydrogens (tertiary/aromatic N) is 5. The fraction of sp³-hybridized carbons (Fsp3) is 0.375. The molecule has 4 rings (SSSR count). The lowest BCUT2D eigenvalue weighted by atomic mass is 10.0. The van der Waals surface area contributed by atoms with Crippen molar-refractivity contribution in [1.82, 2.24) is 19.7 Å². The van der Waals surface area contributed by atoms with Crippen molar-refractivity contribution in [1.29, 1.82) is 0 Å². The molecule has 0 radical (unpaired) electrons. The average molecular weight is 359 g/mol. The zero-order valence-electron chi connectivity index (χ0n) is 13.7. The first-order valence-electron chi connectivity index (χ1n) is 7.83. The van der Waals surface area contributed by atoms with Crippen LogP contribution in [0.5, 0.6) is 0 Å². The van der Waals surface area contributed by atoms with E-state index >= 15 is 0 Å². The van der Waals surface area contributed by atoms with E-state index < -0.39 is 0 Å². The van der Waals surface area contributed by atoms with E-state index in [0.29, 0.717) is 11.4 Å². The van der Waals surface area contributed by atoms with Crippen LogP contribution in [-0.4, -0.2) is 32.2 Å². The van der Waals surface area contributed by atoms with Gasteiger partial charge in [0.2, 0.25) is 0 Å². The molecular weight excluding hydrogens is 342 g/mol. The molecule has 124 valence electrons. The standard InChI is InChI=1S/C16H17N5OS2/c1-4-21(15(22)14-9(2)17-8-23-14)16-19-13-10-7-18-20(3)11(10)5-6-12(13)24-16/h7-8H,4-6H2,1-3H3. The number of amides is 1. The highest BCUT2D eigenvalue weighted by Crippen LogP contribution is 2.39. The van der Waals surface area contributed by atoms with Gasteiger partial charge in [-0.05, 0) is 26.7 Å². The minimum atomic E-state index is -0.0185. The van der Waals surface area contributed by atoms with Gasteiger partial charge >= 0.3 is 0 Å². The maximum absolute atomic E-state index is 12.9. The average Bonchev–Trinajstić information content (AvgIpc) is 3.26. The van der Waals surface area contributed by atoms with Gasteiger partial charge in [-0.2, -0.15) is 5.10 Å². The van der Waals surface area contributed by atoms with Gasteiger partial charge in [0.05, 0.1) is 23.1 Å². The second-order valence-corrected chi connectivity index (χ2v) is 7.63. The Hall–Kier alpha value is -2.06. The van der Waals surface area contributed by atoms with Gasteiger partial charge in [-0.25, -0.2) is 9.97 Å². The first-order valence-corrected chi connectivity index (χ1v) is 9.52. The number of aryl methyl sites for hydroxylation is 3. The van der Waals surface area contributed by atoms with Crippen molar-refractivity contribution in [3.8, 4) is 11.3 Å². The lowest BCUT2D eigenvalue weighted by molar-refractivity contribution is 0.0991. The second kappa shape index (κ2) is 5.78. The third-order valence-corrected chi connectivity index (χ3v) is 6.38. The molecule has 1 aliphatic rings. The normalized spacial score (nSPS) is 12.8. The van der Waals surface area contributed by atoms with Crippen LogP contribution in [0.3, 0.4) is 0 Å². The molecule has 0 N–H and O–H groups in total. The van der Waals surface area contributed by atoms with E-state index in [1.165, 1.54) is 21.9 Å². The number of thiazole rings is 2. The van der Waals surface area contributed by atoms with E-state index in [4.69, 9.17) is 4.98 Å². The first-order chi connectivity index (χ1) is 11.6. The van der Waals surface area contributed by atoms with Crippen molar-refractivity contribution < 1.29 is 4.79 Å². The van der Waals surface area contributed by atoms with Crippen LogP contribution >= 0.6 is 22.7 Å². The van der Waals surface area contributed by atoms with Crippen molar-refractivity contribution >= 4 is 33.7 Å². The summed E-state index contributed by atoms with van der Waals surface area (Å²) in [6.07, 6.45) is 3.79. The maximum atomic E-state index is 12.9. The molecule has 0 aromatic carbocycles. The van der Waals surface area contributed by atoms with Gasteiger partial charge < -0.3 is 0 Å². The molecule has 0 atom stereocenters. The number of hydrogen-bond acceptors (Lipinski definition) is 6. The van der Waals surface area contributed by atoms with Gasteiger partial charge in [0, 0.05) is 29.7 Å². The molecule has 6 nitrogen and oxygen atoms in total. The summed E-state index contributed by atoms with van der Waals surface area (Å²) in [7, 11) is 1.96. The SMILES string of the molecule is CCN(C(=O)c1scnc1C)c1nc2c(s1)CCc1c-2cnn1C. The summed E-state index contributed by atoms with van der Waals surface area (Å²) in [5, 5.41) is 5.11. The quantitative estimate of drug-likeness (QED) is 0.721. The van der Waals surface area contributed by atoms with Crippen LogP contribution in [0.15, 0.2) is 11.7 Å². The number of fused-ring (bicyclic) bond motifs is 3. The highest BCUT2D eigenvalue weighted by atomic mass is 32.1. The highest BCUT2D eigenvalue weighted by molar-refractivity contribution is 7.16. The molecular formula is C16H17N5OS2. The molecule has 8 heteroatoms. The lowest BCUT2D eigenvalue weighted by Gasteiger charge is -2.16. The summed E-state index contributed by atoms with van der Waals surface area (Å²) in [6.45, 7) is 4.43. The highest BCUT2D eigenvalue weighted by Gasteiger charge is 2.28. The van der Waals surface area contributed by atoms with E-state index in [1.807, 2.05) is 31.8 Å². The Kier molecular flexibility index (Phi) is 3.73. The summed E-state index contributed by atoms with van der Waals surface area (Å²) >= 11 is 3.00. The molecule has 3 aromatic rings. The van der Waals surface area contributed by atoms with Crippen molar-refractivity contribution in [2.75, 3.05) is 11.4 Å².